The van der Waals surface area contributed by atoms with Crippen molar-refractivity contribution < 1.29 is 17.9 Å². The third-order valence-electron chi connectivity index (χ3n) is 7.29. The highest BCUT2D eigenvalue weighted by atomic mass is 32.2. The lowest BCUT2D eigenvalue weighted by atomic mass is 9.96. The molecule has 0 radical (unpaired) electrons. The zero-order valence-electron chi connectivity index (χ0n) is 21.1. The van der Waals surface area contributed by atoms with Crippen LogP contribution < -0.4 is 4.74 Å². The molecule has 2 aliphatic rings. The van der Waals surface area contributed by atoms with Gasteiger partial charge in [0.05, 0.1) is 13.2 Å². The van der Waals surface area contributed by atoms with Gasteiger partial charge in [0.25, 0.3) is 5.91 Å². The zero-order chi connectivity index (χ0) is 25.8. The Kier molecular flexibility index (Phi) is 7.60. The fraction of sp³-hybridized carbons (Fsp3) is 0.345. The number of carbonyl (C=O) groups is 1. The molecule has 5 rings (SSSR count). The van der Waals surface area contributed by atoms with Gasteiger partial charge in [-0.25, -0.2) is 8.42 Å². The molecule has 1 amide bonds. The molecule has 2 saturated heterocycles. The summed E-state index contributed by atoms with van der Waals surface area (Å²) in [5.41, 5.74) is 2.82. The normalized spacial score (nSPS) is 17.3. The van der Waals surface area contributed by atoms with Crippen molar-refractivity contribution in [3.8, 4) is 5.75 Å². The van der Waals surface area contributed by atoms with E-state index in [-0.39, 0.29) is 22.6 Å². The average Bonchev–Trinajstić information content (AvgIpc) is 3.50. The van der Waals surface area contributed by atoms with Gasteiger partial charge in [-0.1, -0.05) is 60.7 Å². The molecule has 7 nitrogen and oxygen atoms in total. The highest BCUT2D eigenvalue weighted by Gasteiger charge is 2.32. The molecule has 0 N–H and O–H groups in total. The van der Waals surface area contributed by atoms with Crippen LogP contribution in [0.5, 0.6) is 5.75 Å². The molecule has 2 aliphatic heterocycles. The number of amides is 1. The topological polar surface area (TPSA) is 70.2 Å². The third-order valence-corrected chi connectivity index (χ3v) is 9.21. The van der Waals surface area contributed by atoms with Gasteiger partial charge in [0, 0.05) is 44.8 Å². The van der Waals surface area contributed by atoms with Crippen LogP contribution in [0.1, 0.15) is 40.4 Å². The van der Waals surface area contributed by atoms with Crippen molar-refractivity contribution in [1.29, 1.82) is 0 Å². The largest absolute Gasteiger partial charge is 0.495 e. The van der Waals surface area contributed by atoms with Gasteiger partial charge in [0.2, 0.25) is 10.0 Å². The van der Waals surface area contributed by atoms with Gasteiger partial charge in [-0.2, -0.15) is 4.31 Å². The first-order chi connectivity index (χ1) is 18.0. The van der Waals surface area contributed by atoms with Crippen LogP contribution in [-0.4, -0.2) is 74.8 Å². The Morgan fingerprint density at radius 1 is 0.784 bits per heavy atom. The van der Waals surface area contributed by atoms with E-state index in [0.29, 0.717) is 31.7 Å². The molecule has 3 aromatic rings. The van der Waals surface area contributed by atoms with E-state index >= 15 is 0 Å². The second-order valence-corrected chi connectivity index (χ2v) is 11.4. The number of hydrogen-bond acceptors (Lipinski definition) is 5. The third kappa shape index (κ3) is 5.28. The molecule has 0 aromatic heterocycles. The predicted octanol–water partition coefficient (Wildman–Crippen LogP) is 4.03. The SMILES string of the molecule is COc1ccc(C(=O)N2CCN(C(c3ccccc3)c3ccccc3)CC2)cc1S(=O)(=O)N1CCCC1. The van der Waals surface area contributed by atoms with Gasteiger partial charge in [-0.15, -0.1) is 0 Å². The standard InChI is InChI=1S/C29H33N3O4S/c1-36-26-15-14-25(22-27(26)37(34,35)32-16-8-9-17-32)29(33)31-20-18-30(19-21-31)28(23-10-4-2-5-11-23)24-12-6-3-7-13-24/h2-7,10-15,22,28H,8-9,16-21H2,1H3. The van der Waals surface area contributed by atoms with Crippen LogP contribution in [0.2, 0.25) is 0 Å². The van der Waals surface area contributed by atoms with E-state index < -0.39 is 10.0 Å². The van der Waals surface area contributed by atoms with Crippen LogP contribution in [0.25, 0.3) is 0 Å². The first-order valence-electron chi connectivity index (χ1n) is 12.8. The number of ether oxygens (including phenoxy) is 1. The Balaban J connectivity index is 1.34. The Labute approximate surface area is 219 Å². The molecule has 0 saturated carbocycles. The summed E-state index contributed by atoms with van der Waals surface area (Å²) in [7, 11) is -2.27. The molecule has 3 aromatic carbocycles. The Morgan fingerprint density at radius 3 is 1.89 bits per heavy atom. The Morgan fingerprint density at radius 2 is 1.35 bits per heavy atom. The van der Waals surface area contributed by atoms with E-state index in [1.54, 1.807) is 12.1 Å². The molecule has 0 bridgehead atoms. The fourth-order valence-corrected chi connectivity index (χ4v) is 7.03. The van der Waals surface area contributed by atoms with E-state index in [2.05, 4.69) is 53.4 Å². The van der Waals surface area contributed by atoms with Gasteiger partial charge < -0.3 is 9.64 Å². The van der Waals surface area contributed by atoms with E-state index in [4.69, 9.17) is 4.74 Å². The lowest BCUT2D eigenvalue weighted by Gasteiger charge is -2.40. The molecule has 0 atom stereocenters. The lowest BCUT2D eigenvalue weighted by Crippen LogP contribution is -2.49. The molecule has 8 heteroatoms. The monoisotopic (exact) mass is 519 g/mol. The molecule has 0 spiro atoms. The van der Waals surface area contributed by atoms with Crippen LogP contribution in [0.3, 0.4) is 0 Å². The first kappa shape index (κ1) is 25.4. The van der Waals surface area contributed by atoms with Crippen LogP contribution in [0, 0.1) is 0 Å². The zero-order valence-corrected chi connectivity index (χ0v) is 21.9. The number of nitrogens with zero attached hydrogens (tertiary/aromatic N) is 3. The summed E-state index contributed by atoms with van der Waals surface area (Å²) in [6, 6.07) is 25.7. The van der Waals surface area contributed by atoms with Crippen molar-refractivity contribution in [3.63, 3.8) is 0 Å². The summed E-state index contributed by atoms with van der Waals surface area (Å²) in [6.07, 6.45) is 1.69. The van der Waals surface area contributed by atoms with Crippen molar-refractivity contribution in [2.24, 2.45) is 0 Å². The molecule has 194 valence electrons. The molecular weight excluding hydrogens is 486 g/mol. The predicted molar refractivity (Wildman–Crippen MR) is 143 cm³/mol. The molecule has 37 heavy (non-hydrogen) atoms. The molecular formula is C29H33N3O4S. The van der Waals surface area contributed by atoms with Crippen LogP contribution >= 0.6 is 0 Å². The van der Waals surface area contributed by atoms with E-state index in [0.717, 1.165) is 25.9 Å². The number of hydrogen-bond donors (Lipinski definition) is 0. The van der Waals surface area contributed by atoms with Crippen LogP contribution in [0.15, 0.2) is 83.8 Å². The van der Waals surface area contributed by atoms with E-state index in [1.165, 1.54) is 28.6 Å². The fourth-order valence-electron chi connectivity index (χ4n) is 5.33. The van der Waals surface area contributed by atoms with Crippen LogP contribution in [0.4, 0.5) is 0 Å². The van der Waals surface area contributed by atoms with Gasteiger partial charge in [0.1, 0.15) is 10.6 Å². The summed E-state index contributed by atoms with van der Waals surface area (Å²) in [4.78, 5) is 17.8. The Hall–Kier alpha value is -3.20. The maximum Gasteiger partial charge on any atom is 0.253 e. The molecule has 0 aliphatic carbocycles. The summed E-state index contributed by atoms with van der Waals surface area (Å²) < 4.78 is 33.4. The number of methoxy groups -OCH3 is 1. The maximum absolute atomic E-state index is 13.5. The maximum atomic E-state index is 13.5. The minimum Gasteiger partial charge on any atom is -0.495 e. The summed E-state index contributed by atoms with van der Waals surface area (Å²) in [5.74, 6) is 0.109. The van der Waals surface area contributed by atoms with Crippen molar-refractivity contribution in [2.75, 3.05) is 46.4 Å². The average molecular weight is 520 g/mol. The number of sulfonamides is 1. The lowest BCUT2D eigenvalue weighted by molar-refractivity contribution is 0.0597. The van der Waals surface area contributed by atoms with E-state index in [1.807, 2.05) is 17.0 Å². The first-order valence-corrected chi connectivity index (χ1v) is 14.2. The molecule has 2 heterocycles. The van der Waals surface area contributed by atoms with Gasteiger partial charge in [-0.05, 0) is 42.2 Å². The molecule has 0 unspecified atom stereocenters. The summed E-state index contributed by atoms with van der Waals surface area (Å²) in [5, 5.41) is 0. The van der Waals surface area contributed by atoms with Crippen molar-refractivity contribution in [1.82, 2.24) is 14.1 Å². The number of rotatable bonds is 7. The number of carbonyl (C=O) groups excluding carboxylic acids is 1. The van der Waals surface area contributed by atoms with Gasteiger partial charge in [0.15, 0.2) is 0 Å². The van der Waals surface area contributed by atoms with E-state index in [9.17, 15) is 13.2 Å². The summed E-state index contributed by atoms with van der Waals surface area (Å²) in [6.45, 7) is 3.56. The second-order valence-electron chi connectivity index (χ2n) is 9.53. The minimum atomic E-state index is -3.72. The number of piperazine rings is 1. The van der Waals surface area contributed by atoms with Crippen molar-refractivity contribution in [2.45, 2.75) is 23.8 Å². The second kappa shape index (κ2) is 11.0. The Bertz CT molecular complexity index is 1280. The quantitative estimate of drug-likeness (QED) is 0.472. The van der Waals surface area contributed by atoms with Gasteiger partial charge in [-0.3, -0.25) is 9.69 Å². The van der Waals surface area contributed by atoms with Crippen molar-refractivity contribution in [3.05, 3.63) is 95.6 Å². The number of benzene rings is 3. The van der Waals surface area contributed by atoms with Crippen molar-refractivity contribution >= 4 is 15.9 Å². The summed E-state index contributed by atoms with van der Waals surface area (Å²) >= 11 is 0. The smallest absolute Gasteiger partial charge is 0.253 e. The van der Waals surface area contributed by atoms with Gasteiger partial charge >= 0.3 is 0 Å². The molecule has 2 fully saturated rings. The highest BCUT2D eigenvalue weighted by Crippen LogP contribution is 2.32. The minimum absolute atomic E-state index is 0.0644. The van der Waals surface area contributed by atoms with Crippen LogP contribution in [-0.2, 0) is 10.0 Å². The highest BCUT2D eigenvalue weighted by molar-refractivity contribution is 7.89.